The lowest BCUT2D eigenvalue weighted by Gasteiger charge is -2.28. The van der Waals surface area contributed by atoms with E-state index < -0.39 is 37.2 Å². The standard InChI is InChI=1S/C15H18F3N3O3S/c1-10(2)6-19(8-15(16,17)18)9-21-13(23)12(22)20(14(21)24)7-11-4-3-5-25-11/h3-5,10H,6-9H2,1-2H3. The molecule has 0 N–H and O–H groups in total. The summed E-state index contributed by atoms with van der Waals surface area (Å²) in [6.07, 6.45) is -4.47. The molecule has 1 saturated heterocycles. The number of rotatable bonds is 7. The monoisotopic (exact) mass is 377 g/mol. The first kappa shape index (κ1) is 19.4. The number of halogens is 3. The number of alkyl halides is 3. The number of nitrogens with zero attached hydrogens (tertiary/aromatic N) is 3. The third kappa shape index (κ3) is 5.02. The number of imide groups is 2. The summed E-state index contributed by atoms with van der Waals surface area (Å²) in [6.45, 7) is 1.59. The molecule has 1 aliphatic heterocycles. The van der Waals surface area contributed by atoms with Crippen LogP contribution >= 0.6 is 11.3 Å². The molecule has 0 saturated carbocycles. The van der Waals surface area contributed by atoms with Gasteiger partial charge < -0.3 is 0 Å². The molecule has 0 bridgehead atoms. The van der Waals surface area contributed by atoms with Crippen molar-refractivity contribution in [1.29, 1.82) is 0 Å². The molecule has 0 radical (unpaired) electrons. The van der Waals surface area contributed by atoms with Crippen LogP contribution in [-0.2, 0) is 16.1 Å². The molecule has 0 spiro atoms. The Bertz CT molecular complexity index is 646. The molecule has 2 rings (SSSR count). The van der Waals surface area contributed by atoms with E-state index in [0.717, 1.165) is 9.80 Å². The van der Waals surface area contributed by atoms with Crippen molar-refractivity contribution < 1.29 is 27.6 Å². The fourth-order valence-corrected chi connectivity index (χ4v) is 3.21. The quantitative estimate of drug-likeness (QED) is 0.541. The van der Waals surface area contributed by atoms with Gasteiger partial charge in [-0.3, -0.25) is 19.4 Å². The first-order chi connectivity index (χ1) is 11.6. The van der Waals surface area contributed by atoms with Gasteiger partial charge in [-0.05, 0) is 17.4 Å². The van der Waals surface area contributed by atoms with Crippen LogP contribution in [0.3, 0.4) is 0 Å². The summed E-state index contributed by atoms with van der Waals surface area (Å²) in [6, 6.07) is 2.55. The fourth-order valence-electron chi connectivity index (χ4n) is 2.52. The molecule has 4 amide bonds. The largest absolute Gasteiger partial charge is 0.401 e. The zero-order chi connectivity index (χ0) is 18.8. The minimum atomic E-state index is -4.47. The van der Waals surface area contributed by atoms with E-state index in [9.17, 15) is 27.6 Å². The highest BCUT2D eigenvalue weighted by molar-refractivity contribution is 7.09. The molecule has 0 aliphatic carbocycles. The molecule has 0 unspecified atom stereocenters. The maximum atomic E-state index is 12.7. The van der Waals surface area contributed by atoms with E-state index in [-0.39, 0.29) is 19.0 Å². The summed E-state index contributed by atoms with van der Waals surface area (Å²) < 4.78 is 38.2. The molecule has 0 atom stereocenters. The Hall–Kier alpha value is -1.94. The van der Waals surface area contributed by atoms with Crippen LogP contribution in [0.5, 0.6) is 0 Å². The van der Waals surface area contributed by atoms with Crippen LogP contribution in [0.2, 0.25) is 0 Å². The van der Waals surface area contributed by atoms with Crippen LogP contribution in [0, 0.1) is 5.92 Å². The molecule has 10 heteroatoms. The summed E-state index contributed by atoms with van der Waals surface area (Å²) >= 11 is 1.31. The van der Waals surface area contributed by atoms with Crippen LogP contribution in [0.15, 0.2) is 17.5 Å². The third-order valence-electron chi connectivity index (χ3n) is 3.40. The van der Waals surface area contributed by atoms with E-state index >= 15 is 0 Å². The van der Waals surface area contributed by atoms with Gasteiger partial charge in [-0.15, -0.1) is 11.3 Å². The summed E-state index contributed by atoms with van der Waals surface area (Å²) in [4.78, 5) is 39.4. The Labute approximate surface area is 146 Å². The lowest BCUT2D eigenvalue weighted by molar-refractivity contribution is -0.154. The number of thiophene rings is 1. The maximum Gasteiger partial charge on any atom is 0.401 e. The second kappa shape index (κ2) is 7.52. The number of amides is 4. The normalized spacial score (nSPS) is 16.0. The highest BCUT2D eigenvalue weighted by Gasteiger charge is 2.45. The molecule has 1 aromatic heterocycles. The Kier molecular flexibility index (Phi) is 5.83. The molecule has 2 heterocycles. The molecule has 1 aromatic rings. The van der Waals surface area contributed by atoms with E-state index in [1.807, 2.05) is 0 Å². The van der Waals surface area contributed by atoms with Crippen molar-refractivity contribution in [2.75, 3.05) is 19.8 Å². The first-order valence-corrected chi connectivity index (χ1v) is 8.45. The van der Waals surface area contributed by atoms with Crippen LogP contribution < -0.4 is 0 Å². The highest BCUT2D eigenvalue weighted by Crippen LogP contribution is 2.21. The van der Waals surface area contributed by atoms with E-state index in [1.165, 1.54) is 11.3 Å². The third-order valence-corrected chi connectivity index (χ3v) is 4.26. The van der Waals surface area contributed by atoms with Gasteiger partial charge in [0.1, 0.15) is 0 Å². The van der Waals surface area contributed by atoms with Gasteiger partial charge in [0.2, 0.25) is 0 Å². The van der Waals surface area contributed by atoms with E-state index in [0.29, 0.717) is 9.78 Å². The van der Waals surface area contributed by atoms with Crippen molar-refractivity contribution in [2.24, 2.45) is 5.92 Å². The second-order valence-corrected chi connectivity index (χ2v) is 7.18. The number of carbonyl (C=O) groups is 3. The van der Waals surface area contributed by atoms with Crippen molar-refractivity contribution in [1.82, 2.24) is 14.7 Å². The smallest absolute Gasteiger partial charge is 0.277 e. The summed E-state index contributed by atoms with van der Waals surface area (Å²) in [5.41, 5.74) is 0. The Morgan fingerprint density at radius 1 is 1.16 bits per heavy atom. The van der Waals surface area contributed by atoms with Crippen LogP contribution in [-0.4, -0.2) is 58.5 Å². The van der Waals surface area contributed by atoms with E-state index in [1.54, 1.807) is 31.4 Å². The first-order valence-electron chi connectivity index (χ1n) is 7.57. The summed E-state index contributed by atoms with van der Waals surface area (Å²) in [5.74, 6) is -2.22. The number of carbonyl (C=O) groups excluding carboxylic acids is 3. The number of urea groups is 1. The molecule has 0 aromatic carbocycles. The molecular weight excluding hydrogens is 359 g/mol. The van der Waals surface area contributed by atoms with Gasteiger partial charge in [0.15, 0.2) is 0 Å². The SMILES string of the molecule is CC(C)CN(CN1C(=O)C(=O)N(Cc2cccs2)C1=O)CC(F)(F)F. The van der Waals surface area contributed by atoms with Gasteiger partial charge in [0.05, 0.1) is 19.8 Å². The Morgan fingerprint density at radius 2 is 1.80 bits per heavy atom. The molecule has 6 nitrogen and oxygen atoms in total. The van der Waals surface area contributed by atoms with Crippen molar-refractivity contribution >= 4 is 29.2 Å². The summed E-state index contributed by atoms with van der Waals surface area (Å²) in [5, 5.41) is 1.76. The minimum Gasteiger partial charge on any atom is -0.277 e. The zero-order valence-corrected chi connectivity index (χ0v) is 14.6. The number of hydrogen-bond acceptors (Lipinski definition) is 5. The van der Waals surface area contributed by atoms with Crippen LogP contribution in [0.1, 0.15) is 18.7 Å². The van der Waals surface area contributed by atoms with Gasteiger partial charge in [-0.1, -0.05) is 19.9 Å². The lowest BCUT2D eigenvalue weighted by atomic mass is 10.2. The van der Waals surface area contributed by atoms with Crippen molar-refractivity contribution in [3.05, 3.63) is 22.4 Å². The van der Waals surface area contributed by atoms with Gasteiger partial charge in [0, 0.05) is 11.4 Å². The minimum absolute atomic E-state index is 0.0374. The summed E-state index contributed by atoms with van der Waals surface area (Å²) in [7, 11) is 0. The zero-order valence-electron chi connectivity index (χ0n) is 13.7. The average Bonchev–Trinajstić information content (AvgIpc) is 3.04. The molecule has 1 fully saturated rings. The fraction of sp³-hybridized carbons (Fsp3) is 0.533. The predicted molar refractivity (Wildman–Crippen MR) is 84.4 cm³/mol. The van der Waals surface area contributed by atoms with Gasteiger partial charge >= 0.3 is 24.0 Å². The van der Waals surface area contributed by atoms with Crippen LogP contribution in [0.25, 0.3) is 0 Å². The predicted octanol–water partition coefficient (Wildman–Crippen LogP) is 2.52. The van der Waals surface area contributed by atoms with Crippen molar-refractivity contribution in [3.8, 4) is 0 Å². The van der Waals surface area contributed by atoms with Gasteiger partial charge in [-0.2, -0.15) is 13.2 Å². The van der Waals surface area contributed by atoms with E-state index in [4.69, 9.17) is 0 Å². The Balaban J connectivity index is 2.12. The van der Waals surface area contributed by atoms with Gasteiger partial charge in [0.25, 0.3) is 0 Å². The van der Waals surface area contributed by atoms with Crippen LogP contribution in [0.4, 0.5) is 18.0 Å². The number of hydrogen-bond donors (Lipinski definition) is 0. The molecule has 138 valence electrons. The lowest BCUT2D eigenvalue weighted by Crippen LogP contribution is -2.46. The van der Waals surface area contributed by atoms with Crippen molar-refractivity contribution in [3.63, 3.8) is 0 Å². The molecule has 1 aliphatic rings. The average molecular weight is 377 g/mol. The van der Waals surface area contributed by atoms with E-state index in [2.05, 4.69) is 0 Å². The topological polar surface area (TPSA) is 60.9 Å². The molecule has 25 heavy (non-hydrogen) atoms. The molecular formula is C15H18F3N3O3S. The van der Waals surface area contributed by atoms with Crippen molar-refractivity contribution in [2.45, 2.75) is 26.6 Å². The highest BCUT2D eigenvalue weighted by atomic mass is 32.1. The Morgan fingerprint density at radius 3 is 2.32 bits per heavy atom. The van der Waals surface area contributed by atoms with Gasteiger partial charge in [-0.25, -0.2) is 9.69 Å². The second-order valence-electron chi connectivity index (χ2n) is 6.15. The maximum absolute atomic E-state index is 12.7.